The quantitative estimate of drug-likeness (QED) is 0.861. The first-order chi connectivity index (χ1) is 8.16. The summed E-state index contributed by atoms with van der Waals surface area (Å²) >= 11 is 0. The molecule has 0 aromatic heterocycles. The highest BCUT2D eigenvalue weighted by molar-refractivity contribution is 5.14. The van der Waals surface area contributed by atoms with Crippen molar-refractivity contribution in [3.05, 3.63) is 35.9 Å². The van der Waals surface area contributed by atoms with E-state index in [2.05, 4.69) is 61.3 Å². The van der Waals surface area contributed by atoms with Gasteiger partial charge in [0.1, 0.15) is 0 Å². The molecule has 1 heterocycles. The Morgan fingerprint density at radius 3 is 2.65 bits per heavy atom. The topological polar surface area (TPSA) is 15.3 Å². The SMILES string of the molecule is CC(C)[C@@H]1CN[C@H](C)CN1Cc1ccccc1. The summed E-state index contributed by atoms with van der Waals surface area (Å²) in [5, 5.41) is 3.59. The van der Waals surface area contributed by atoms with Crippen molar-refractivity contribution in [1.29, 1.82) is 0 Å². The Balaban J connectivity index is 2.05. The molecule has 2 heteroatoms. The van der Waals surface area contributed by atoms with Gasteiger partial charge in [0.15, 0.2) is 0 Å². The lowest BCUT2D eigenvalue weighted by Crippen LogP contribution is -2.56. The Labute approximate surface area is 105 Å². The molecule has 0 unspecified atom stereocenters. The van der Waals surface area contributed by atoms with E-state index in [-0.39, 0.29) is 0 Å². The molecule has 0 amide bonds. The average Bonchev–Trinajstić information content (AvgIpc) is 2.30. The molecular weight excluding hydrogens is 208 g/mol. The summed E-state index contributed by atoms with van der Waals surface area (Å²) < 4.78 is 0. The first-order valence-electron chi connectivity index (χ1n) is 6.68. The summed E-state index contributed by atoms with van der Waals surface area (Å²) in [5.74, 6) is 0.707. The molecule has 1 N–H and O–H groups in total. The zero-order chi connectivity index (χ0) is 12.3. The second-order valence-corrected chi connectivity index (χ2v) is 5.54. The van der Waals surface area contributed by atoms with Crippen molar-refractivity contribution in [1.82, 2.24) is 10.2 Å². The second-order valence-electron chi connectivity index (χ2n) is 5.54. The highest BCUT2D eigenvalue weighted by Crippen LogP contribution is 2.18. The fourth-order valence-corrected chi connectivity index (χ4v) is 2.66. The van der Waals surface area contributed by atoms with Crippen LogP contribution in [0.5, 0.6) is 0 Å². The number of benzene rings is 1. The van der Waals surface area contributed by atoms with Crippen LogP contribution in [0.2, 0.25) is 0 Å². The first kappa shape index (κ1) is 12.6. The summed E-state index contributed by atoms with van der Waals surface area (Å²) in [4.78, 5) is 2.63. The smallest absolute Gasteiger partial charge is 0.0247 e. The number of nitrogens with zero attached hydrogens (tertiary/aromatic N) is 1. The van der Waals surface area contributed by atoms with E-state index in [1.54, 1.807) is 0 Å². The number of rotatable bonds is 3. The third-order valence-electron chi connectivity index (χ3n) is 3.65. The van der Waals surface area contributed by atoms with Crippen LogP contribution in [-0.4, -0.2) is 30.1 Å². The van der Waals surface area contributed by atoms with E-state index >= 15 is 0 Å². The van der Waals surface area contributed by atoms with Gasteiger partial charge in [-0.1, -0.05) is 44.2 Å². The molecule has 1 aliphatic heterocycles. The molecule has 1 fully saturated rings. The third-order valence-corrected chi connectivity index (χ3v) is 3.65. The average molecular weight is 232 g/mol. The molecule has 1 aliphatic rings. The van der Waals surface area contributed by atoms with Gasteiger partial charge in [0, 0.05) is 31.7 Å². The fraction of sp³-hybridized carbons (Fsp3) is 0.600. The summed E-state index contributed by atoms with van der Waals surface area (Å²) in [6.07, 6.45) is 0. The van der Waals surface area contributed by atoms with E-state index in [4.69, 9.17) is 0 Å². The zero-order valence-corrected chi connectivity index (χ0v) is 11.2. The van der Waals surface area contributed by atoms with Crippen LogP contribution in [0.15, 0.2) is 30.3 Å². The van der Waals surface area contributed by atoms with Crippen LogP contribution in [0.3, 0.4) is 0 Å². The Kier molecular flexibility index (Phi) is 4.19. The second kappa shape index (κ2) is 5.65. The van der Waals surface area contributed by atoms with Gasteiger partial charge < -0.3 is 5.32 Å². The van der Waals surface area contributed by atoms with E-state index in [0.29, 0.717) is 18.0 Å². The van der Waals surface area contributed by atoms with Gasteiger partial charge in [-0.3, -0.25) is 4.90 Å². The number of hydrogen-bond acceptors (Lipinski definition) is 2. The predicted octanol–water partition coefficient (Wildman–Crippen LogP) is 2.50. The normalized spacial score (nSPS) is 26.4. The van der Waals surface area contributed by atoms with Crippen LogP contribution in [0, 0.1) is 5.92 Å². The maximum atomic E-state index is 3.59. The Morgan fingerprint density at radius 2 is 2.00 bits per heavy atom. The Morgan fingerprint density at radius 1 is 1.29 bits per heavy atom. The van der Waals surface area contributed by atoms with Gasteiger partial charge in [-0.25, -0.2) is 0 Å². The van der Waals surface area contributed by atoms with E-state index in [1.807, 2.05) is 0 Å². The molecule has 2 rings (SSSR count). The summed E-state index contributed by atoms with van der Waals surface area (Å²) in [6, 6.07) is 12.1. The minimum absolute atomic E-state index is 0.605. The molecule has 94 valence electrons. The summed E-state index contributed by atoms with van der Waals surface area (Å²) in [5.41, 5.74) is 1.42. The van der Waals surface area contributed by atoms with Gasteiger partial charge in [-0.05, 0) is 18.4 Å². The number of piperazine rings is 1. The van der Waals surface area contributed by atoms with Crippen molar-refractivity contribution in [3.63, 3.8) is 0 Å². The Hall–Kier alpha value is -0.860. The molecule has 17 heavy (non-hydrogen) atoms. The van der Waals surface area contributed by atoms with Crippen molar-refractivity contribution in [2.45, 2.75) is 39.4 Å². The lowest BCUT2D eigenvalue weighted by Gasteiger charge is -2.41. The van der Waals surface area contributed by atoms with Crippen molar-refractivity contribution < 1.29 is 0 Å². The summed E-state index contributed by atoms with van der Waals surface area (Å²) in [6.45, 7) is 10.3. The van der Waals surface area contributed by atoms with Gasteiger partial charge in [-0.15, -0.1) is 0 Å². The molecule has 2 atom stereocenters. The van der Waals surface area contributed by atoms with Crippen LogP contribution in [-0.2, 0) is 6.54 Å². The van der Waals surface area contributed by atoms with E-state index in [1.165, 1.54) is 5.56 Å². The molecule has 0 saturated carbocycles. The van der Waals surface area contributed by atoms with Crippen LogP contribution >= 0.6 is 0 Å². The van der Waals surface area contributed by atoms with Gasteiger partial charge in [-0.2, -0.15) is 0 Å². The largest absolute Gasteiger partial charge is 0.311 e. The lowest BCUT2D eigenvalue weighted by atomic mass is 9.98. The highest BCUT2D eigenvalue weighted by atomic mass is 15.2. The van der Waals surface area contributed by atoms with Crippen molar-refractivity contribution >= 4 is 0 Å². The maximum Gasteiger partial charge on any atom is 0.0247 e. The van der Waals surface area contributed by atoms with Gasteiger partial charge in [0.25, 0.3) is 0 Å². The van der Waals surface area contributed by atoms with E-state index in [9.17, 15) is 0 Å². The predicted molar refractivity (Wildman–Crippen MR) is 72.9 cm³/mol. The third kappa shape index (κ3) is 3.30. The Bertz CT molecular complexity index is 334. The zero-order valence-electron chi connectivity index (χ0n) is 11.2. The first-order valence-corrected chi connectivity index (χ1v) is 6.68. The van der Waals surface area contributed by atoms with Crippen LogP contribution < -0.4 is 5.32 Å². The minimum Gasteiger partial charge on any atom is -0.311 e. The van der Waals surface area contributed by atoms with Crippen LogP contribution in [0.4, 0.5) is 0 Å². The van der Waals surface area contributed by atoms with Crippen LogP contribution in [0.25, 0.3) is 0 Å². The fourth-order valence-electron chi connectivity index (χ4n) is 2.66. The van der Waals surface area contributed by atoms with Crippen molar-refractivity contribution in [3.8, 4) is 0 Å². The van der Waals surface area contributed by atoms with Gasteiger partial charge in [0.05, 0.1) is 0 Å². The highest BCUT2D eigenvalue weighted by Gasteiger charge is 2.27. The standard InChI is InChI=1S/C15H24N2/c1-12(2)15-9-16-13(3)10-17(15)11-14-7-5-4-6-8-14/h4-8,12-13,15-16H,9-11H2,1-3H3/t13-,15+/m1/s1. The minimum atomic E-state index is 0.605. The monoisotopic (exact) mass is 232 g/mol. The summed E-state index contributed by atoms with van der Waals surface area (Å²) in [7, 11) is 0. The maximum absolute atomic E-state index is 3.59. The lowest BCUT2D eigenvalue weighted by molar-refractivity contribution is 0.0956. The number of nitrogens with one attached hydrogen (secondary N) is 1. The molecule has 2 nitrogen and oxygen atoms in total. The molecule has 0 spiro atoms. The molecule has 1 saturated heterocycles. The molecule has 0 aliphatic carbocycles. The molecular formula is C15H24N2. The van der Waals surface area contributed by atoms with E-state index in [0.717, 1.165) is 19.6 Å². The molecule has 0 radical (unpaired) electrons. The molecule has 1 aromatic rings. The van der Waals surface area contributed by atoms with Crippen LogP contribution in [0.1, 0.15) is 26.3 Å². The molecule has 1 aromatic carbocycles. The molecule has 0 bridgehead atoms. The van der Waals surface area contributed by atoms with Crippen molar-refractivity contribution in [2.75, 3.05) is 13.1 Å². The van der Waals surface area contributed by atoms with Crippen molar-refractivity contribution in [2.24, 2.45) is 5.92 Å². The van der Waals surface area contributed by atoms with E-state index < -0.39 is 0 Å². The number of hydrogen-bond donors (Lipinski definition) is 1. The van der Waals surface area contributed by atoms with Gasteiger partial charge in [0.2, 0.25) is 0 Å². The van der Waals surface area contributed by atoms with Gasteiger partial charge >= 0.3 is 0 Å².